The molecular formula is C19H22ClN3O2S. The van der Waals surface area contributed by atoms with Gasteiger partial charge in [-0.2, -0.15) is 4.31 Å². The lowest BCUT2D eigenvalue weighted by atomic mass is 10.1. The summed E-state index contributed by atoms with van der Waals surface area (Å²) in [4.78, 5) is 4.94. The fraction of sp³-hybridized carbons (Fsp3) is 0.368. The molecule has 2 aliphatic heterocycles. The molecule has 0 aliphatic carbocycles. The van der Waals surface area contributed by atoms with Gasteiger partial charge in [0.05, 0.1) is 4.90 Å². The summed E-state index contributed by atoms with van der Waals surface area (Å²) in [7, 11) is -1.42. The third kappa shape index (κ3) is 3.22. The van der Waals surface area contributed by atoms with Crippen LogP contribution in [0.4, 0.5) is 5.69 Å². The van der Waals surface area contributed by atoms with Crippen molar-refractivity contribution in [3.8, 4) is 0 Å². The zero-order valence-corrected chi connectivity index (χ0v) is 16.2. The van der Waals surface area contributed by atoms with Crippen LogP contribution in [0.15, 0.2) is 53.4 Å². The van der Waals surface area contributed by atoms with Crippen LogP contribution >= 0.6 is 11.6 Å². The molecule has 0 amide bonds. The van der Waals surface area contributed by atoms with Gasteiger partial charge in [-0.05, 0) is 35.9 Å². The molecule has 2 aromatic carbocycles. The number of hydrogen-bond donors (Lipinski definition) is 0. The zero-order chi connectivity index (χ0) is 18.3. The largest absolute Gasteiger partial charge is 0.373 e. The van der Waals surface area contributed by atoms with Crippen LogP contribution in [0.5, 0.6) is 0 Å². The van der Waals surface area contributed by atoms with Crippen LogP contribution in [0.3, 0.4) is 0 Å². The summed E-state index contributed by atoms with van der Waals surface area (Å²) in [5.41, 5.74) is 2.53. The smallest absolute Gasteiger partial charge is 0.243 e. The molecule has 0 saturated carbocycles. The highest BCUT2D eigenvalue weighted by molar-refractivity contribution is 7.89. The molecule has 1 atom stereocenters. The number of rotatable bonds is 2. The first-order valence-electron chi connectivity index (χ1n) is 8.74. The zero-order valence-electron chi connectivity index (χ0n) is 14.7. The van der Waals surface area contributed by atoms with E-state index in [1.807, 2.05) is 0 Å². The van der Waals surface area contributed by atoms with E-state index in [-0.39, 0.29) is 6.04 Å². The maximum absolute atomic E-state index is 13.0. The normalized spacial score (nSPS) is 21.8. The third-order valence-electron chi connectivity index (χ3n) is 5.28. The van der Waals surface area contributed by atoms with E-state index in [4.69, 9.17) is 11.6 Å². The number of sulfonamides is 1. The topological polar surface area (TPSA) is 43.9 Å². The number of fused-ring (bicyclic) bond motifs is 2. The first-order chi connectivity index (χ1) is 12.4. The quantitative estimate of drug-likeness (QED) is 0.789. The molecule has 0 aromatic heterocycles. The fourth-order valence-electron chi connectivity index (χ4n) is 3.87. The van der Waals surface area contributed by atoms with E-state index in [2.05, 4.69) is 41.1 Å². The van der Waals surface area contributed by atoms with Gasteiger partial charge in [-0.25, -0.2) is 8.42 Å². The molecule has 1 fully saturated rings. The predicted octanol–water partition coefficient (Wildman–Crippen LogP) is 2.66. The van der Waals surface area contributed by atoms with Gasteiger partial charge in [0.25, 0.3) is 0 Å². The molecule has 26 heavy (non-hydrogen) atoms. The first kappa shape index (κ1) is 17.8. The van der Waals surface area contributed by atoms with E-state index in [1.165, 1.54) is 11.3 Å². The van der Waals surface area contributed by atoms with Crippen LogP contribution in [0.25, 0.3) is 0 Å². The summed E-state index contributed by atoms with van der Waals surface area (Å²) in [6.07, 6.45) is 0. The molecule has 0 radical (unpaired) electrons. The summed E-state index contributed by atoms with van der Waals surface area (Å²) in [6, 6.07) is 15.0. The van der Waals surface area contributed by atoms with Gasteiger partial charge in [0, 0.05) is 56.5 Å². The number of halogens is 1. The Morgan fingerprint density at radius 2 is 1.73 bits per heavy atom. The van der Waals surface area contributed by atoms with Crippen molar-refractivity contribution in [1.82, 2.24) is 9.21 Å². The second kappa shape index (κ2) is 6.85. The lowest BCUT2D eigenvalue weighted by Gasteiger charge is -2.40. The number of piperazine rings is 1. The van der Waals surface area contributed by atoms with Gasteiger partial charge in [0.2, 0.25) is 10.0 Å². The first-order valence-corrected chi connectivity index (χ1v) is 10.6. The predicted molar refractivity (Wildman–Crippen MR) is 104 cm³/mol. The van der Waals surface area contributed by atoms with Gasteiger partial charge in [0.1, 0.15) is 0 Å². The van der Waals surface area contributed by atoms with E-state index in [9.17, 15) is 8.42 Å². The third-order valence-corrected chi connectivity index (χ3v) is 7.41. The Morgan fingerprint density at radius 3 is 2.50 bits per heavy atom. The molecule has 2 aromatic rings. The maximum atomic E-state index is 13.0. The summed E-state index contributed by atoms with van der Waals surface area (Å²) < 4.78 is 27.6. The van der Waals surface area contributed by atoms with Gasteiger partial charge < -0.3 is 4.90 Å². The average Bonchev–Trinajstić information content (AvgIpc) is 2.77. The molecule has 1 saturated heterocycles. The molecule has 2 heterocycles. The second-order valence-corrected chi connectivity index (χ2v) is 9.32. The minimum absolute atomic E-state index is 0.170. The standard InChI is InChI=1S/C19H22ClN3O2S/c1-21-13-17-14-23(26(24,25)18-8-6-16(20)7-9-18)11-10-22(17)12-15-4-2-3-5-19(15)21/h2-9,17H,10-14H2,1H3. The SMILES string of the molecule is CN1CC2CN(S(=O)(=O)c3ccc(Cl)cc3)CCN2Cc2ccccc21. The van der Waals surface area contributed by atoms with Crippen LogP contribution in [-0.4, -0.2) is 56.9 Å². The van der Waals surface area contributed by atoms with E-state index in [1.54, 1.807) is 28.6 Å². The van der Waals surface area contributed by atoms with Gasteiger partial charge >= 0.3 is 0 Å². The fourth-order valence-corrected chi connectivity index (χ4v) is 5.46. The molecule has 5 nitrogen and oxygen atoms in total. The Labute approximate surface area is 159 Å². The Kier molecular flexibility index (Phi) is 4.69. The average molecular weight is 392 g/mol. The Hall–Kier alpha value is -1.60. The van der Waals surface area contributed by atoms with E-state index in [0.717, 1.165) is 19.6 Å². The second-order valence-electron chi connectivity index (χ2n) is 6.95. The van der Waals surface area contributed by atoms with Crippen molar-refractivity contribution in [3.05, 3.63) is 59.1 Å². The summed E-state index contributed by atoms with van der Waals surface area (Å²) in [5.74, 6) is 0. The van der Waals surface area contributed by atoms with Crippen LogP contribution in [-0.2, 0) is 16.6 Å². The van der Waals surface area contributed by atoms with Crippen molar-refractivity contribution in [2.24, 2.45) is 0 Å². The number of likely N-dealkylation sites (N-methyl/N-ethyl adjacent to an activating group) is 1. The van der Waals surface area contributed by atoms with Crippen molar-refractivity contribution >= 4 is 27.3 Å². The van der Waals surface area contributed by atoms with Crippen molar-refractivity contribution in [3.63, 3.8) is 0 Å². The summed E-state index contributed by atoms with van der Waals surface area (Å²) in [6.45, 7) is 3.42. The molecule has 0 bridgehead atoms. The van der Waals surface area contributed by atoms with Gasteiger partial charge in [-0.15, -0.1) is 0 Å². The molecule has 4 rings (SSSR count). The molecule has 0 N–H and O–H groups in total. The van der Waals surface area contributed by atoms with Gasteiger partial charge in [-0.1, -0.05) is 29.8 Å². The Morgan fingerprint density at radius 1 is 1.00 bits per heavy atom. The number of benzene rings is 2. The van der Waals surface area contributed by atoms with E-state index >= 15 is 0 Å². The molecule has 138 valence electrons. The van der Waals surface area contributed by atoms with Crippen molar-refractivity contribution < 1.29 is 8.42 Å². The Balaban J connectivity index is 1.57. The highest BCUT2D eigenvalue weighted by atomic mass is 35.5. The lowest BCUT2D eigenvalue weighted by molar-refractivity contribution is 0.118. The molecule has 1 unspecified atom stereocenters. The number of nitrogens with zero attached hydrogens (tertiary/aromatic N) is 3. The molecule has 7 heteroatoms. The number of hydrogen-bond acceptors (Lipinski definition) is 4. The van der Waals surface area contributed by atoms with Crippen LogP contribution in [0.2, 0.25) is 5.02 Å². The summed E-state index contributed by atoms with van der Waals surface area (Å²) >= 11 is 5.90. The van der Waals surface area contributed by atoms with E-state index in [0.29, 0.717) is 23.0 Å². The minimum Gasteiger partial charge on any atom is -0.373 e. The molecule has 0 spiro atoms. The highest BCUT2D eigenvalue weighted by Gasteiger charge is 2.36. The van der Waals surface area contributed by atoms with Crippen molar-refractivity contribution in [2.75, 3.05) is 38.1 Å². The molecular weight excluding hydrogens is 370 g/mol. The van der Waals surface area contributed by atoms with Crippen molar-refractivity contribution in [2.45, 2.75) is 17.5 Å². The van der Waals surface area contributed by atoms with Gasteiger partial charge in [0.15, 0.2) is 0 Å². The number of para-hydroxylation sites is 1. The highest BCUT2D eigenvalue weighted by Crippen LogP contribution is 2.29. The lowest BCUT2D eigenvalue weighted by Crippen LogP contribution is -2.56. The Bertz CT molecular complexity index is 901. The van der Waals surface area contributed by atoms with Gasteiger partial charge in [-0.3, -0.25) is 4.90 Å². The maximum Gasteiger partial charge on any atom is 0.243 e. The minimum atomic E-state index is -3.50. The van der Waals surface area contributed by atoms with Crippen LogP contribution in [0.1, 0.15) is 5.56 Å². The van der Waals surface area contributed by atoms with E-state index < -0.39 is 10.0 Å². The number of anilines is 1. The summed E-state index contributed by atoms with van der Waals surface area (Å²) in [5, 5.41) is 0.539. The molecule has 2 aliphatic rings. The monoisotopic (exact) mass is 391 g/mol. The van der Waals surface area contributed by atoms with Crippen LogP contribution < -0.4 is 4.90 Å². The van der Waals surface area contributed by atoms with Crippen molar-refractivity contribution in [1.29, 1.82) is 0 Å². The van der Waals surface area contributed by atoms with Crippen LogP contribution in [0, 0.1) is 0 Å².